The molecule has 2 bridgehead atoms. The Balaban J connectivity index is 1.24. The second-order valence-corrected chi connectivity index (χ2v) is 9.13. The summed E-state index contributed by atoms with van der Waals surface area (Å²) in [7, 11) is 0. The molecule has 0 spiro atoms. The third-order valence-electron chi connectivity index (χ3n) is 6.99. The van der Waals surface area contributed by atoms with E-state index in [0.29, 0.717) is 41.8 Å². The lowest BCUT2D eigenvalue weighted by atomic mass is 9.92. The Hall–Kier alpha value is -3.53. The van der Waals surface area contributed by atoms with Crippen molar-refractivity contribution in [1.82, 2.24) is 24.8 Å². The monoisotopic (exact) mass is 447 g/mol. The van der Waals surface area contributed by atoms with Gasteiger partial charge in [0.15, 0.2) is 0 Å². The van der Waals surface area contributed by atoms with Crippen LogP contribution in [-0.4, -0.2) is 55.1 Å². The molecule has 3 aromatic heterocycles. The molecule has 0 aromatic carbocycles. The minimum absolute atomic E-state index is 0.122. The summed E-state index contributed by atoms with van der Waals surface area (Å²) >= 11 is 0. The summed E-state index contributed by atoms with van der Waals surface area (Å²) in [6.45, 7) is 0.660. The molecule has 2 aliphatic heterocycles. The molecule has 1 amide bonds. The maximum Gasteiger partial charge on any atom is 0.352 e. The molecule has 5 heterocycles. The number of aromatic nitrogens is 4. The zero-order valence-corrected chi connectivity index (χ0v) is 18.1. The van der Waals surface area contributed by atoms with Crippen LogP contribution >= 0.6 is 0 Å². The number of amides is 1. The van der Waals surface area contributed by atoms with Crippen molar-refractivity contribution in [2.24, 2.45) is 0 Å². The van der Waals surface area contributed by atoms with Gasteiger partial charge in [0, 0.05) is 42.7 Å². The van der Waals surface area contributed by atoms with Crippen molar-refractivity contribution in [1.29, 1.82) is 0 Å². The van der Waals surface area contributed by atoms with E-state index in [-0.39, 0.29) is 23.7 Å². The molecule has 2 unspecified atom stereocenters. The molecule has 10 heteroatoms. The number of carbonyl (C=O) groups is 2. The van der Waals surface area contributed by atoms with Crippen LogP contribution in [0.5, 0.6) is 0 Å². The van der Waals surface area contributed by atoms with E-state index >= 15 is 0 Å². The van der Waals surface area contributed by atoms with Crippen molar-refractivity contribution in [2.75, 3.05) is 16.8 Å². The van der Waals surface area contributed by atoms with Gasteiger partial charge in [-0.05, 0) is 50.3 Å². The summed E-state index contributed by atoms with van der Waals surface area (Å²) in [6, 6.07) is 6.10. The zero-order valence-electron chi connectivity index (χ0n) is 18.1. The first-order valence-corrected chi connectivity index (χ1v) is 11.5. The number of pyridine rings is 1. The molecule has 1 aliphatic carbocycles. The minimum Gasteiger partial charge on any atom is -0.477 e. The maximum atomic E-state index is 12.6. The van der Waals surface area contributed by atoms with Gasteiger partial charge in [-0.3, -0.25) is 4.79 Å². The van der Waals surface area contributed by atoms with Crippen molar-refractivity contribution in [2.45, 2.75) is 56.7 Å². The highest BCUT2D eigenvalue weighted by molar-refractivity contribution is 5.94. The van der Waals surface area contributed by atoms with E-state index in [1.165, 1.54) is 0 Å². The molecule has 1 saturated carbocycles. The molecular formula is C23H25N7O3. The highest BCUT2D eigenvalue weighted by Gasteiger charge is 2.34. The van der Waals surface area contributed by atoms with E-state index in [2.05, 4.69) is 25.6 Å². The first-order chi connectivity index (χ1) is 16.0. The fourth-order valence-corrected chi connectivity index (χ4v) is 5.08. The number of fused-ring (bicyclic) bond motifs is 3. The van der Waals surface area contributed by atoms with E-state index in [9.17, 15) is 14.7 Å². The van der Waals surface area contributed by atoms with Crippen LogP contribution in [0.25, 0.3) is 11.0 Å². The highest BCUT2D eigenvalue weighted by atomic mass is 16.4. The van der Waals surface area contributed by atoms with Gasteiger partial charge in [-0.25, -0.2) is 14.8 Å². The smallest absolute Gasteiger partial charge is 0.352 e. The third-order valence-corrected chi connectivity index (χ3v) is 6.99. The van der Waals surface area contributed by atoms with Crippen LogP contribution in [-0.2, 0) is 4.79 Å². The van der Waals surface area contributed by atoms with E-state index in [1.54, 1.807) is 24.5 Å². The number of carboxylic acid groups (broad SMARTS) is 1. The average molecular weight is 447 g/mol. The number of carboxylic acids is 1. The van der Waals surface area contributed by atoms with Gasteiger partial charge in [0.05, 0.1) is 11.9 Å². The summed E-state index contributed by atoms with van der Waals surface area (Å²) in [4.78, 5) is 39.6. The van der Waals surface area contributed by atoms with Crippen LogP contribution < -0.4 is 15.5 Å². The Bertz CT molecular complexity index is 1230. The van der Waals surface area contributed by atoms with Crippen molar-refractivity contribution in [3.8, 4) is 0 Å². The maximum absolute atomic E-state index is 12.6. The number of nitrogens with zero attached hydrogens (tertiary/aromatic N) is 5. The van der Waals surface area contributed by atoms with Crippen LogP contribution in [0.2, 0.25) is 0 Å². The van der Waals surface area contributed by atoms with Crippen molar-refractivity contribution in [3.05, 3.63) is 36.3 Å². The van der Waals surface area contributed by atoms with Crippen LogP contribution in [0.4, 0.5) is 17.5 Å². The van der Waals surface area contributed by atoms with Gasteiger partial charge in [0.1, 0.15) is 17.2 Å². The Labute approximate surface area is 190 Å². The predicted octanol–water partition coefficient (Wildman–Crippen LogP) is 2.85. The molecule has 3 N–H and O–H groups in total. The van der Waals surface area contributed by atoms with Crippen molar-refractivity contribution >= 4 is 40.4 Å². The van der Waals surface area contributed by atoms with Gasteiger partial charge in [-0.15, -0.1) is 0 Å². The number of anilines is 3. The second-order valence-electron chi connectivity index (χ2n) is 9.13. The van der Waals surface area contributed by atoms with Crippen molar-refractivity contribution in [3.63, 3.8) is 0 Å². The van der Waals surface area contributed by atoms with E-state index in [4.69, 9.17) is 0 Å². The lowest BCUT2D eigenvalue weighted by molar-refractivity contribution is -0.118. The summed E-state index contributed by atoms with van der Waals surface area (Å²) in [5.41, 5.74) is 1.64. The molecule has 3 aromatic rings. The quantitative estimate of drug-likeness (QED) is 0.545. The fourth-order valence-electron chi connectivity index (χ4n) is 5.08. The number of hydrogen-bond acceptors (Lipinski definition) is 7. The molecule has 2 atom stereocenters. The van der Waals surface area contributed by atoms with Gasteiger partial charge in [-0.2, -0.15) is 4.98 Å². The molecule has 170 valence electrons. The zero-order chi connectivity index (χ0) is 22.5. The largest absolute Gasteiger partial charge is 0.477 e. The topological polar surface area (TPSA) is 125 Å². The van der Waals surface area contributed by atoms with Gasteiger partial charge < -0.3 is 25.2 Å². The van der Waals surface area contributed by atoms with Crippen molar-refractivity contribution < 1.29 is 14.7 Å². The number of rotatable bonds is 5. The summed E-state index contributed by atoms with van der Waals surface area (Å²) in [5.74, 6) is 0.0704. The van der Waals surface area contributed by atoms with E-state index < -0.39 is 5.97 Å². The van der Waals surface area contributed by atoms with Gasteiger partial charge in [0.25, 0.3) is 0 Å². The van der Waals surface area contributed by atoms with Gasteiger partial charge in [0.2, 0.25) is 11.9 Å². The highest BCUT2D eigenvalue weighted by Crippen LogP contribution is 2.36. The molecule has 33 heavy (non-hydrogen) atoms. The first-order valence-electron chi connectivity index (χ1n) is 11.5. The average Bonchev–Trinajstić information content (AvgIpc) is 3.31. The minimum atomic E-state index is -0.960. The molecule has 10 nitrogen and oxygen atoms in total. The van der Waals surface area contributed by atoms with Crippen LogP contribution in [0.15, 0.2) is 30.6 Å². The first kappa shape index (κ1) is 20.1. The SMILES string of the molecule is O=C(O)c1cc2cnc(Nc3ccc(N4CC5CCC(CC4=O)N5)cn3)nc2n1C1CCC1. The Morgan fingerprint density at radius 1 is 1.12 bits per heavy atom. The fraction of sp³-hybridized carbons (Fsp3) is 0.435. The van der Waals surface area contributed by atoms with Crippen LogP contribution in [0.3, 0.4) is 0 Å². The Kier molecular flexibility index (Phi) is 4.75. The normalized spacial score (nSPS) is 22.9. The molecule has 0 radical (unpaired) electrons. The molecule has 2 saturated heterocycles. The lowest BCUT2D eigenvalue weighted by Crippen LogP contribution is -2.37. The summed E-state index contributed by atoms with van der Waals surface area (Å²) in [6.07, 6.45) is 8.99. The molecule has 3 fully saturated rings. The molecule has 6 rings (SSSR count). The van der Waals surface area contributed by atoms with Gasteiger partial charge >= 0.3 is 5.97 Å². The van der Waals surface area contributed by atoms with E-state index in [0.717, 1.165) is 37.8 Å². The number of aromatic carboxylic acids is 1. The van der Waals surface area contributed by atoms with Crippen LogP contribution in [0.1, 0.15) is 55.1 Å². The van der Waals surface area contributed by atoms with Crippen LogP contribution in [0, 0.1) is 0 Å². The molecule has 3 aliphatic rings. The Morgan fingerprint density at radius 2 is 1.97 bits per heavy atom. The third kappa shape index (κ3) is 3.60. The van der Waals surface area contributed by atoms with E-state index in [1.807, 2.05) is 15.5 Å². The number of nitrogens with one attached hydrogen (secondary N) is 2. The molecular weight excluding hydrogens is 422 g/mol. The second kappa shape index (κ2) is 7.80. The standard InChI is InChI=1S/C23H25N7O3/c31-20-9-14-4-5-15(26-14)12-29(20)17-6-7-19(24-11-17)27-23-25-10-13-8-18(22(32)33)30(21(13)28-23)16-2-1-3-16/h6-8,10-11,14-16,26H,1-5,9,12H2,(H,32,33)(H,24,25,27,28). The number of carbonyl (C=O) groups excluding carboxylic acids is 1. The Morgan fingerprint density at radius 3 is 2.70 bits per heavy atom. The summed E-state index contributed by atoms with van der Waals surface area (Å²) in [5, 5.41) is 16.9. The summed E-state index contributed by atoms with van der Waals surface area (Å²) < 4.78 is 1.82. The predicted molar refractivity (Wildman–Crippen MR) is 122 cm³/mol. The van der Waals surface area contributed by atoms with Gasteiger partial charge in [-0.1, -0.05) is 0 Å². The number of hydrogen-bond donors (Lipinski definition) is 3. The lowest BCUT2D eigenvalue weighted by Gasteiger charge is -2.28.